The third kappa shape index (κ3) is 2.55. The fraction of sp³-hybridized carbons (Fsp3) is 0.105. The van der Waals surface area contributed by atoms with Crippen LogP contribution in [0.1, 0.15) is 5.56 Å². The van der Waals surface area contributed by atoms with Crippen LogP contribution in [-0.2, 0) is 11.3 Å². The van der Waals surface area contributed by atoms with Gasteiger partial charge in [-0.2, -0.15) is 0 Å². The Morgan fingerprint density at radius 2 is 2.00 bits per heavy atom. The van der Waals surface area contributed by atoms with E-state index in [0.717, 1.165) is 10.9 Å². The molecule has 6 nitrogen and oxygen atoms in total. The Labute approximate surface area is 152 Å². The SMILES string of the molecule is Cc1ccc2c(c1)n(-c1cc(Cl)cc3ncccc13)c(=O)n2CC(=O)O. The van der Waals surface area contributed by atoms with Crippen LogP contribution in [0, 0.1) is 6.92 Å². The number of hydrogen-bond donors (Lipinski definition) is 1. The molecule has 0 aliphatic rings. The molecule has 0 amide bonds. The first kappa shape index (κ1) is 16.4. The Morgan fingerprint density at radius 1 is 1.19 bits per heavy atom. The van der Waals surface area contributed by atoms with Gasteiger partial charge in [-0.05, 0) is 48.9 Å². The average molecular weight is 368 g/mol. The molecule has 0 atom stereocenters. The first-order valence-corrected chi connectivity index (χ1v) is 8.32. The molecular weight excluding hydrogens is 354 g/mol. The molecule has 4 rings (SSSR count). The fourth-order valence-corrected chi connectivity index (χ4v) is 3.41. The van der Waals surface area contributed by atoms with E-state index in [0.29, 0.717) is 27.3 Å². The van der Waals surface area contributed by atoms with Gasteiger partial charge in [0.2, 0.25) is 0 Å². The predicted octanol–water partition coefficient (Wildman–Crippen LogP) is 3.39. The third-order valence-corrected chi connectivity index (χ3v) is 4.50. The summed E-state index contributed by atoms with van der Waals surface area (Å²) < 4.78 is 2.75. The zero-order valence-electron chi connectivity index (χ0n) is 13.8. The number of rotatable bonds is 3. The van der Waals surface area contributed by atoms with E-state index in [1.165, 1.54) is 9.13 Å². The van der Waals surface area contributed by atoms with Crippen LogP contribution in [0.3, 0.4) is 0 Å². The number of carboxylic acids is 1. The minimum atomic E-state index is -1.08. The van der Waals surface area contributed by atoms with Crippen molar-refractivity contribution in [1.82, 2.24) is 14.1 Å². The van der Waals surface area contributed by atoms with Crippen LogP contribution in [-0.4, -0.2) is 25.2 Å². The summed E-state index contributed by atoms with van der Waals surface area (Å²) in [6.45, 7) is 1.50. The fourth-order valence-electron chi connectivity index (χ4n) is 3.20. The van der Waals surface area contributed by atoms with Gasteiger partial charge in [-0.3, -0.25) is 18.9 Å². The largest absolute Gasteiger partial charge is 0.480 e. The molecule has 7 heteroatoms. The number of benzene rings is 2. The summed E-state index contributed by atoms with van der Waals surface area (Å²) in [5, 5.41) is 10.4. The number of aliphatic carboxylic acids is 1. The van der Waals surface area contributed by atoms with Gasteiger partial charge in [0.05, 0.1) is 22.2 Å². The van der Waals surface area contributed by atoms with Gasteiger partial charge in [0.1, 0.15) is 6.54 Å². The summed E-state index contributed by atoms with van der Waals surface area (Å²) in [5.41, 5.74) is 2.95. The molecule has 0 fully saturated rings. The highest BCUT2D eigenvalue weighted by Crippen LogP contribution is 2.28. The molecule has 2 heterocycles. The second kappa shape index (κ2) is 6.00. The highest BCUT2D eigenvalue weighted by atomic mass is 35.5. The third-order valence-electron chi connectivity index (χ3n) is 4.28. The van der Waals surface area contributed by atoms with E-state index in [-0.39, 0.29) is 0 Å². The average Bonchev–Trinajstić information content (AvgIpc) is 2.85. The van der Waals surface area contributed by atoms with Gasteiger partial charge in [-0.25, -0.2) is 4.79 Å². The molecule has 0 saturated heterocycles. The first-order chi connectivity index (χ1) is 12.5. The number of halogens is 1. The van der Waals surface area contributed by atoms with Crippen molar-refractivity contribution >= 4 is 39.5 Å². The van der Waals surface area contributed by atoms with Crippen LogP contribution in [0.4, 0.5) is 0 Å². The number of imidazole rings is 1. The molecule has 0 bridgehead atoms. The molecule has 0 unspecified atom stereocenters. The smallest absolute Gasteiger partial charge is 0.334 e. The number of carbonyl (C=O) groups is 1. The summed E-state index contributed by atoms with van der Waals surface area (Å²) in [5.74, 6) is -1.08. The van der Waals surface area contributed by atoms with Gasteiger partial charge in [-0.15, -0.1) is 0 Å². The second-order valence-corrected chi connectivity index (χ2v) is 6.52. The van der Waals surface area contributed by atoms with Crippen molar-refractivity contribution in [3.63, 3.8) is 0 Å². The molecule has 1 N–H and O–H groups in total. The Morgan fingerprint density at radius 3 is 2.77 bits per heavy atom. The van der Waals surface area contributed by atoms with E-state index in [2.05, 4.69) is 4.98 Å². The molecule has 130 valence electrons. The van der Waals surface area contributed by atoms with Crippen LogP contribution < -0.4 is 5.69 Å². The van der Waals surface area contributed by atoms with E-state index in [1.807, 2.05) is 25.1 Å². The Kier molecular flexibility index (Phi) is 3.77. The Balaban J connectivity index is 2.16. The van der Waals surface area contributed by atoms with Crippen molar-refractivity contribution < 1.29 is 9.90 Å². The lowest BCUT2D eigenvalue weighted by molar-refractivity contribution is -0.137. The second-order valence-electron chi connectivity index (χ2n) is 6.09. The van der Waals surface area contributed by atoms with E-state index in [9.17, 15) is 14.7 Å². The lowest BCUT2D eigenvalue weighted by atomic mass is 10.1. The summed E-state index contributed by atoms with van der Waals surface area (Å²) in [6.07, 6.45) is 1.66. The molecule has 4 aromatic rings. The first-order valence-electron chi connectivity index (χ1n) is 7.94. The summed E-state index contributed by atoms with van der Waals surface area (Å²) in [6, 6.07) is 12.5. The van der Waals surface area contributed by atoms with Crippen LogP contribution >= 0.6 is 11.6 Å². The van der Waals surface area contributed by atoms with E-state index >= 15 is 0 Å². The zero-order chi connectivity index (χ0) is 18.4. The maximum Gasteiger partial charge on any atom is 0.334 e. The lowest BCUT2D eigenvalue weighted by Crippen LogP contribution is -2.26. The van der Waals surface area contributed by atoms with Crippen molar-refractivity contribution in [2.75, 3.05) is 0 Å². The number of hydrogen-bond acceptors (Lipinski definition) is 3. The number of aryl methyl sites for hydroxylation is 1. The number of aromatic nitrogens is 3. The molecule has 2 aromatic carbocycles. The van der Waals surface area contributed by atoms with Crippen molar-refractivity contribution in [3.05, 3.63) is 69.7 Å². The summed E-state index contributed by atoms with van der Waals surface area (Å²) >= 11 is 6.24. The molecule has 2 aromatic heterocycles. The van der Waals surface area contributed by atoms with Gasteiger partial charge in [0.25, 0.3) is 0 Å². The number of pyridine rings is 1. The monoisotopic (exact) mass is 367 g/mol. The van der Waals surface area contributed by atoms with Crippen LogP contribution in [0.5, 0.6) is 0 Å². The highest BCUT2D eigenvalue weighted by Gasteiger charge is 2.18. The molecule has 0 aliphatic heterocycles. The van der Waals surface area contributed by atoms with Gasteiger partial charge < -0.3 is 5.11 Å². The molecular formula is C19H14ClN3O3. The van der Waals surface area contributed by atoms with E-state index in [4.69, 9.17) is 11.6 Å². The normalized spacial score (nSPS) is 11.3. The standard InChI is InChI=1S/C19H14ClN3O3/c1-11-4-5-15-17(7-11)23(19(26)22(15)10-18(24)25)16-9-12(20)8-14-13(16)3-2-6-21-14/h2-9H,10H2,1H3,(H,24,25). The van der Waals surface area contributed by atoms with Crippen molar-refractivity contribution in [3.8, 4) is 5.69 Å². The van der Waals surface area contributed by atoms with Gasteiger partial charge in [0.15, 0.2) is 0 Å². The van der Waals surface area contributed by atoms with Gasteiger partial charge >= 0.3 is 11.7 Å². The van der Waals surface area contributed by atoms with Gasteiger partial charge in [-0.1, -0.05) is 17.7 Å². The van der Waals surface area contributed by atoms with Crippen molar-refractivity contribution in [2.45, 2.75) is 13.5 Å². The van der Waals surface area contributed by atoms with E-state index < -0.39 is 18.2 Å². The maximum atomic E-state index is 13.1. The molecule has 0 radical (unpaired) electrons. The number of nitrogens with zero attached hydrogens (tertiary/aromatic N) is 3. The quantitative estimate of drug-likeness (QED) is 0.602. The number of carboxylic acid groups (broad SMARTS) is 1. The molecule has 0 aliphatic carbocycles. The summed E-state index contributed by atoms with van der Waals surface area (Å²) in [4.78, 5) is 28.6. The lowest BCUT2D eigenvalue weighted by Gasteiger charge is -2.09. The van der Waals surface area contributed by atoms with E-state index in [1.54, 1.807) is 30.5 Å². The van der Waals surface area contributed by atoms with Crippen LogP contribution in [0.15, 0.2) is 53.5 Å². The van der Waals surface area contributed by atoms with Crippen LogP contribution in [0.25, 0.3) is 27.6 Å². The maximum absolute atomic E-state index is 13.1. The molecule has 0 saturated carbocycles. The Bertz CT molecular complexity index is 1240. The predicted molar refractivity (Wildman–Crippen MR) is 100 cm³/mol. The van der Waals surface area contributed by atoms with Crippen LogP contribution in [0.2, 0.25) is 5.02 Å². The zero-order valence-corrected chi connectivity index (χ0v) is 14.6. The molecule has 0 spiro atoms. The van der Waals surface area contributed by atoms with Gasteiger partial charge in [0, 0.05) is 16.6 Å². The minimum Gasteiger partial charge on any atom is -0.480 e. The van der Waals surface area contributed by atoms with Crippen molar-refractivity contribution in [2.24, 2.45) is 0 Å². The Hall–Kier alpha value is -3.12. The number of fused-ring (bicyclic) bond motifs is 2. The molecule has 26 heavy (non-hydrogen) atoms. The highest BCUT2D eigenvalue weighted by molar-refractivity contribution is 6.31. The topological polar surface area (TPSA) is 77.1 Å². The minimum absolute atomic E-state index is 0.415. The summed E-state index contributed by atoms with van der Waals surface area (Å²) in [7, 11) is 0. The van der Waals surface area contributed by atoms with Crippen molar-refractivity contribution in [1.29, 1.82) is 0 Å².